The topological polar surface area (TPSA) is 73.4 Å². The fourth-order valence-corrected chi connectivity index (χ4v) is 5.14. The number of carbonyl (C=O) groups is 1. The standard InChI is InChI=1S/C24H23N5OS/c1-15-13-22(29-20-6-4-3-5-19(20)27-23(29)18(15)14-25)28-11-9-17(10-12-28)26-24(30)21-8-7-16(2)31-21/h3-8,13,17H,9-12H2,1-2H3,(H,26,30). The van der Waals surface area contributed by atoms with E-state index >= 15 is 0 Å². The number of thiophene rings is 1. The number of anilines is 1. The van der Waals surface area contributed by atoms with Gasteiger partial charge in [-0.2, -0.15) is 5.26 Å². The lowest BCUT2D eigenvalue weighted by Crippen LogP contribution is -2.45. The van der Waals surface area contributed by atoms with Crippen LogP contribution in [0, 0.1) is 25.2 Å². The number of nitriles is 1. The second-order valence-corrected chi connectivity index (χ2v) is 9.36. The van der Waals surface area contributed by atoms with E-state index in [0.717, 1.165) is 58.1 Å². The minimum Gasteiger partial charge on any atom is -0.358 e. The first-order chi connectivity index (χ1) is 15.0. The maximum Gasteiger partial charge on any atom is 0.261 e. The van der Waals surface area contributed by atoms with E-state index in [2.05, 4.69) is 26.8 Å². The average Bonchev–Trinajstić information content (AvgIpc) is 3.37. The van der Waals surface area contributed by atoms with Gasteiger partial charge in [-0.15, -0.1) is 11.3 Å². The summed E-state index contributed by atoms with van der Waals surface area (Å²) in [5.41, 5.74) is 4.16. The summed E-state index contributed by atoms with van der Waals surface area (Å²) in [5.74, 6) is 1.08. The Balaban J connectivity index is 1.42. The van der Waals surface area contributed by atoms with Gasteiger partial charge in [0.15, 0.2) is 5.65 Å². The lowest BCUT2D eigenvalue weighted by atomic mass is 10.0. The molecule has 0 spiro atoms. The smallest absolute Gasteiger partial charge is 0.261 e. The fraction of sp³-hybridized carbons (Fsp3) is 0.292. The van der Waals surface area contributed by atoms with Gasteiger partial charge in [-0.25, -0.2) is 4.98 Å². The molecule has 1 N–H and O–H groups in total. The van der Waals surface area contributed by atoms with Gasteiger partial charge in [-0.1, -0.05) is 12.1 Å². The number of benzene rings is 1. The van der Waals surface area contributed by atoms with Crippen molar-refractivity contribution in [3.05, 3.63) is 63.3 Å². The van der Waals surface area contributed by atoms with Crippen molar-refractivity contribution in [2.75, 3.05) is 18.0 Å². The first kappa shape index (κ1) is 19.6. The minimum absolute atomic E-state index is 0.0220. The molecule has 1 aliphatic heterocycles. The van der Waals surface area contributed by atoms with Crippen molar-refractivity contribution in [1.82, 2.24) is 14.7 Å². The van der Waals surface area contributed by atoms with Crippen LogP contribution in [0.3, 0.4) is 0 Å². The number of piperidine rings is 1. The summed E-state index contributed by atoms with van der Waals surface area (Å²) in [6.07, 6.45) is 1.76. The Bertz CT molecular complexity index is 1340. The van der Waals surface area contributed by atoms with E-state index in [1.54, 1.807) is 0 Å². The number of hydrogen-bond acceptors (Lipinski definition) is 5. The zero-order chi connectivity index (χ0) is 21.5. The number of rotatable bonds is 3. The highest BCUT2D eigenvalue weighted by molar-refractivity contribution is 7.13. The monoisotopic (exact) mass is 429 g/mol. The molecule has 0 radical (unpaired) electrons. The molecule has 0 unspecified atom stereocenters. The Hall–Kier alpha value is -3.37. The van der Waals surface area contributed by atoms with Gasteiger partial charge >= 0.3 is 0 Å². The molecule has 1 aromatic carbocycles. The van der Waals surface area contributed by atoms with Gasteiger partial charge in [-0.05, 0) is 62.6 Å². The molecule has 4 aromatic rings. The normalized spacial score (nSPS) is 14.8. The molecule has 0 aliphatic carbocycles. The van der Waals surface area contributed by atoms with Crippen LogP contribution >= 0.6 is 11.3 Å². The number of amides is 1. The highest BCUT2D eigenvalue weighted by atomic mass is 32.1. The van der Waals surface area contributed by atoms with E-state index in [-0.39, 0.29) is 11.9 Å². The van der Waals surface area contributed by atoms with E-state index in [9.17, 15) is 10.1 Å². The molecule has 7 heteroatoms. The molecule has 0 saturated carbocycles. The van der Waals surface area contributed by atoms with Crippen LogP contribution in [-0.4, -0.2) is 34.4 Å². The molecule has 1 fully saturated rings. The molecule has 0 bridgehead atoms. The van der Waals surface area contributed by atoms with E-state index in [1.165, 1.54) is 11.3 Å². The Morgan fingerprint density at radius 3 is 2.68 bits per heavy atom. The van der Waals surface area contributed by atoms with Crippen molar-refractivity contribution in [1.29, 1.82) is 5.26 Å². The number of aryl methyl sites for hydroxylation is 2. The summed E-state index contributed by atoms with van der Waals surface area (Å²) >= 11 is 1.53. The molecular weight excluding hydrogens is 406 g/mol. The second-order valence-electron chi connectivity index (χ2n) is 8.08. The number of fused-ring (bicyclic) bond motifs is 3. The van der Waals surface area contributed by atoms with Gasteiger partial charge < -0.3 is 10.2 Å². The van der Waals surface area contributed by atoms with E-state index in [4.69, 9.17) is 4.98 Å². The number of hydrogen-bond donors (Lipinski definition) is 1. The van der Waals surface area contributed by atoms with Crippen LogP contribution in [0.5, 0.6) is 0 Å². The largest absolute Gasteiger partial charge is 0.358 e. The highest BCUT2D eigenvalue weighted by Crippen LogP contribution is 2.30. The van der Waals surface area contributed by atoms with Gasteiger partial charge in [0.05, 0.1) is 21.5 Å². The molecule has 1 amide bonds. The maximum atomic E-state index is 12.5. The lowest BCUT2D eigenvalue weighted by Gasteiger charge is -2.34. The predicted octanol–water partition coefficient (Wildman–Crippen LogP) is 4.44. The summed E-state index contributed by atoms with van der Waals surface area (Å²) in [4.78, 5) is 21.5. The molecule has 156 valence electrons. The zero-order valence-electron chi connectivity index (χ0n) is 17.6. The Labute approximate surface area is 184 Å². The van der Waals surface area contributed by atoms with Gasteiger partial charge in [-0.3, -0.25) is 9.20 Å². The molecule has 6 nitrogen and oxygen atoms in total. The fourth-order valence-electron chi connectivity index (χ4n) is 4.37. The van der Waals surface area contributed by atoms with Crippen molar-refractivity contribution >= 4 is 39.7 Å². The first-order valence-corrected chi connectivity index (χ1v) is 11.3. The molecule has 1 saturated heterocycles. The minimum atomic E-state index is 0.0220. The molecule has 0 atom stereocenters. The molecular formula is C24H23N5OS. The summed E-state index contributed by atoms with van der Waals surface area (Å²) in [5, 5.41) is 12.9. The molecule has 5 rings (SSSR count). The second kappa shape index (κ2) is 7.71. The van der Waals surface area contributed by atoms with Crippen LogP contribution in [-0.2, 0) is 0 Å². The Kier molecular flexibility index (Phi) is 4.87. The third-order valence-electron chi connectivity index (χ3n) is 5.98. The van der Waals surface area contributed by atoms with Crippen LogP contribution < -0.4 is 10.2 Å². The van der Waals surface area contributed by atoms with E-state index in [1.807, 2.05) is 50.2 Å². The Morgan fingerprint density at radius 1 is 1.19 bits per heavy atom. The quantitative estimate of drug-likeness (QED) is 0.523. The van der Waals surface area contributed by atoms with Crippen molar-refractivity contribution in [2.24, 2.45) is 0 Å². The van der Waals surface area contributed by atoms with Crippen LogP contribution in [0.25, 0.3) is 16.7 Å². The van der Waals surface area contributed by atoms with Gasteiger partial charge in [0, 0.05) is 24.0 Å². The Morgan fingerprint density at radius 2 is 1.97 bits per heavy atom. The van der Waals surface area contributed by atoms with Crippen molar-refractivity contribution < 1.29 is 4.79 Å². The number of nitrogens with one attached hydrogen (secondary N) is 1. The number of aromatic nitrogens is 2. The summed E-state index contributed by atoms with van der Waals surface area (Å²) < 4.78 is 2.11. The predicted molar refractivity (Wildman–Crippen MR) is 124 cm³/mol. The summed E-state index contributed by atoms with van der Waals surface area (Å²) in [7, 11) is 0. The van der Waals surface area contributed by atoms with Crippen LogP contribution in [0.15, 0.2) is 42.5 Å². The van der Waals surface area contributed by atoms with Gasteiger partial charge in [0.25, 0.3) is 5.91 Å². The van der Waals surface area contributed by atoms with Crippen LogP contribution in [0.4, 0.5) is 5.82 Å². The first-order valence-electron chi connectivity index (χ1n) is 10.5. The third-order valence-corrected chi connectivity index (χ3v) is 6.98. The van der Waals surface area contributed by atoms with Crippen molar-refractivity contribution in [2.45, 2.75) is 32.7 Å². The SMILES string of the molecule is Cc1ccc(C(=O)NC2CCN(c3cc(C)c(C#N)c4nc5ccccc5n34)CC2)s1. The lowest BCUT2D eigenvalue weighted by molar-refractivity contribution is 0.0935. The molecule has 4 heterocycles. The van der Waals surface area contributed by atoms with Gasteiger partial charge in [0.1, 0.15) is 11.9 Å². The highest BCUT2D eigenvalue weighted by Gasteiger charge is 2.25. The van der Waals surface area contributed by atoms with E-state index in [0.29, 0.717) is 11.2 Å². The number of carbonyl (C=O) groups excluding carboxylic acids is 1. The van der Waals surface area contributed by atoms with Gasteiger partial charge in [0.2, 0.25) is 0 Å². The van der Waals surface area contributed by atoms with Crippen LogP contribution in [0.1, 0.15) is 38.5 Å². The summed E-state index contributed by atoms with van der Waals surface area (Å²) in [6, 6.07) is 16.5. The van der Waals surface area contributed by atoms with Crippen molar-refractivity contribution in [3.63, 3.8) is 0 Å². The molecule has 3 aromatic heterocycles. The zero-order valence-corrected chi connectivity index (χ0v) is 18.4. The average molecular weight is 430 g/mol. The number of pyridine rings is 1. The number of nitrogens with zero attached hydrogens (tertiary/aromatic N) is 4. The molecule has 1 aliphatic rings. The summed E-state index contributed by atoms with van der Waals surface area (Å²) in [6.45, 7) is 5.65. The third kappa shape index (κ3) is 3.43. The van der Waals surface area contributed by atoms with E-state index < -0.39 is 0 Å². The van der Waals surface area contributed by atoms with Crippen LogP contribution in [0.2, 0.25) is 0 Å². The number of imidazole rings is 1. The number of para-hydroxylation sites is 2. The molecule has 31 heavy (non-hydrogen) atoms. The maximum absolute atomic E-state index is 12.5. The van der Waals surface area contributed by atoms with Crippen molar-refractivity contribution in [3.8, 4) is 6.07 Å².